The molecule has 1 unspecified atom stereocenters. The molecular weight excluding hydrogens is 305 g/mol. The van der Waals surface area contributed by atoms with Crippen LogP contribution in [0.5, 0.6) is 0 Å². The summed E-state index contributed by atoms with van der Waals surface area (Å²) in [5.41, 5.74) is 1.11. The fourth-order valence-corrected chi connectivity index (χ4v) is 3.22. The first-order valence-electron chi connectivity index (χ1n) is 6.68. The molecule has 0 radical (unpaired) electrons. The summed E-state index contributed by atoms with van der Waals surface area (Å²) in [7, 11) is -3.72. The van der Waals surface area contributed by atoms with E-state index in [4.69, 9.17) is 0 Å². The molecule has 0 fully saturated rings. The molecule has 116 valence electrons. The fraction of sp³-hybridized carbons (Fsp3) is 0.188. The summed E-state index contributed by atoms with van der Waals surface area (Å²) in [6.45, 7) is 3.09. The summed E-state index contributed by atoms with van der Waals surface area (Å²) in [6.07, 6.45) is 0. The van der Waals surface area contributed by atoms with Gasteiger partial charge in [0.05, 0.1) is 4.90 Å². The maximum absolute atomic E-state index is 12.9. The van der Waals surface area contributed by atoms with Gasteiger partial charge in [-0.3, -0.25) is 4.79 Å². The van der Waals surface area contributed by atoms with Crippen LogP contribution in [0.2, 0.25) is 0 Å². The normalized spacial score (nSPS) is 12.9. The number of rotatable bonds is 5. The van der Waals surface area contributed by atoms with Crippen LogP contribution in [-0.2, 0) is 10.0 Å². The van der Waals surface area contributed by atoms with Crippen molar-refractivity contribution in [2.75, 3.05) is 0 Å². The smallest absolute Gasteiger partial charge is 0.241 e. The van der Waals surface area contributed by atoms with Crippen LogP contribution in [0.25, 0.3) is 0 Å². The number of benzene rings is 2. The van der Waals surface area contributed by atoms with E-state index >= 15 is 0 Å². The van der Waals surface area contributed by atoms with E-state index in [-0.39, 0.29) is 16.5 Å². The third kappa shape index (κ3) is 3.78. The van der Waals surface area contributed by atoms with Crippen molar-refractivity contribution in [2.45, 2.75) is 24.8 Å². The summed E-state index contributed by atoms with van der Waals surface area (Å²) in [5.74, 6) is -0.504. The molecule has 6 heteroatoms. The van der Waals surface area contributed by atoms with Gasteiger partial charge in [-0.05, 0) is 43.7 Å². The second-order valence-electron chi connectivity index (χ2n) is 4.98. The molecule has 0 aromatic heterocycles. The van der Waals surface area contributed by atoms with Gasteiger partial charge in [-0.2, -0.15) is 0 Å². The van der Waals surface area contributed by atoms with Crippen molar-refractivity contribution < 1.29 is 17.6 Å². The Morgan fingerprint density at radius 3 is 2.09 bits per heavy atom. The van der Waals surface area contributed by atoms with E-state index < -0.39 is 16.1 Å². The minimum absolute atomic E-state index is 0.0754. The summed E-state index contributed by atoms with van der Waals surface area (Å²) in [4.78, 5) is 11.3. The molecule has 4 nitrogen and oxygen atoms in total. The second kappa shape index (κ2) is 6.37. The summed E-state index contributed by atoms with van der Waals surface area (Å²) in [5, 5.41) is 0. The van der Waals surface area contributed by atoms with Gasteiger partial charge in [0.1, 0.15) is 5.82 Å². The maximum Gasteiger partial charge on any atom is 0.241 e. The van der Waals surface area contributed by atoms with E-state index in [2.05, 4.69) is 4.72 Å². The van der Waals surface area contributed by atoms with Gasteiger partial charge in [0.2, 0.25) is 10.0 Å². The molecule has 0 aliphatic rings. The van der Waals surface area contributed by atoms with Crippen LogP contribution in [0.4, 0.5) is 4.39 Å². The zero-order chi connectivity index (χ0) is 16.3. The number of halogens is 1. The molecule has 0 bridgehead atoms. The van der Waals surface area contributed by atoms with Gasteiger partial charge < -0.3 is 0 Å². The van der Waals surface area contributed by atoms with Gasteiger partial charge in [-0.1, -0.05) is 24.3 Å². The number of carbonyl (C=O) groups excluding carboxylic acids is 1. The number of carbonyl (C=O) groups is 1. The molecule has 0 amide bonds. The second-order valence-corrected chi connectivity index (χ2v) is 6.69. The zero-order valence-corrected chi connectivity index (χ0v) is 13.0. The van der Waals surface area contributed by atoms with Crippen LogP contribution in [-0.4, -0.2) is 14.2 Å². The summed E-state index contributed by atoms with van der Waals surface area (Å²) in [6, 6.07) is 10.8. The summed E-state index contributed by atoms with van der Waals surface area (Å²) < 4.78 is 40.0. The Bertz CT molecular complexity index is 768. The van der Waals surface area contributed by atoms with Crippen molar-refractivity contribution in [3.05, 3.63) is 65.5 Å². The average Bonchev–Trinajstić information content (AvgIpc) is 2.47. The van der Waals surface area contributed by atoms with Crippen LogP contribution in [0, 0.1) is 5.82 Å². The molecule has 2 aromatic carbocycles. The molecule has 2 rings (SSSR count). The van der Waals surface area contributed by atoms with Gasteiger partial charge >= 0.3 is 0 Å². The zero-order valence-electron chi connectivity index (χ0n) is 12.2. The topological polar surface area (TPSA) is 63.2 Å². The number of nitrogens with one attached hydrogen (secondary N) is 1. The number of Topliss-reactive ketones (excluding diaryl/α,β-unsaturated/α-hetero) is 1. The molecule has 0 saturated carbocycles. The van der Waals surface area contributed by atoms with Gasteiger partial charge in [-0.25, -0.2) is 17.5 Å². The number of hydrogen-bond donors (Lipinski definition) is 1. The van der Waals surface area contributed by atoms with E-state index in [0.717, 1.165) is 0 Å². The lowest BCUT2D eigenvalue weighted by Crippen LogP contribution is -2.26. The molecule has 0 saturated heterocycles. The van der Waals surface area contributed by atoms with Crippen molar-refractivity contribution in [3.63, 3.8) is 0 Å². The highest BCUT2D eigenvalue weighted by atomic mass is 32.2. The third-order valence-electron chi connectivity index (χ3n) is 3.27. The molecule has 0 aliphatic heterocycles. The molecule has 0 spiro atoms. The van der Waals surface area contributed by atoms with Gasteiger partial charge in [0, 0.05) is 11.6 Å². The van der Waals surface area contributed by atoms with E-state index in [1.54, 1.807) is 6.92 Å². The minimum atomic E-state index is -3.72. The highest BCUT2D eigenvalue weighted by molar-refractivity contribution is 7.89. The molecule has 1 atom stereocenters. The van der Waals surface area contributed by atoms with E-state index in [1.165, 1.54) is 55.5 Å². The third-order valence-corrected chi connectivity index (χ3v) is 4.83. The Labute approximate surface area is 129 Å². The van der Waals surface area contributed by atoms with Gasteiger partial charge in [0.15, 0.2) is 5.78 Å². The van der Waals surface area contributed by atoms with Crippen molar-refractivity contribution in [3.8, 4) is 0 Å². The predicted octanol–water partition coefficient (Wildman–Crippen LogP) is 3.07. The molecule has 22 heavy (non-hydrogen) atoms. The summed E-state index contributed by atoms with van der Waals surface area (Å²) >= 11 is 0. The first-order valence-corrected chi connectivity index (χ1v) is 8.17. The number of ketones is 1. The number of hydrogen-bond acceptors (Lipinski definition) is 3. The van der Waals surface area contributed by atoms with E-state index in [1.807, 2.05) is 0 Å². The Morgan fingerprint density at radius 1 is 1.05 bits per heavy atom. The highest BCUT2D eigenvalue weighted by Gasteiger charge is 2.18. The Morgan fingerprint density at radius 2 is 1.59 bits per heavy atom. The lowest BCUT2D eigenvalue weighted by molar-refractivity contribution is 0.101. The highest BCUT2D eigenvalue weighted by Crippen LogP contribution is 2.18. The monoisotopic (exact) mass is 321 g/mol. The standard InChI is InChI=1S/C16H16FNO3S/c1-11(13-3-7-15(17)8-4-13)18-22(20,21)16-9-5-14(6-10-16)12(2)19/h3-11,18H,1-2H3. The Balaban J connectivity index is 2.19. The average molecular weight is 321 g/mol. The number of sulfonamides is 1. The van der Waals surface area contributed by atoms with Gasteiger partial charge in [0.25, 0.3) is 0 Å². The lowest BCUT2D eigenvalue weighted by Gasteiger charge is -2.15. The SMILES string of the molecule is CC(=O)c1ccc(S(=O)(=O)NC(C)c2ccc(F)cc2)cc1. The van der Waals surface area contributed by atoms with Crippen LogP contribution in [0.1, 0.15) is 35.8 Å². The molecule has 0 heterocycles. The van der Waals surface area contributed by atoms with Crippen molar-refractivity contribution in [2.24, 2.45) is 0 Å². The largest absolute Gasteiger partial charge is 0.295 e. The first-order chi connectivity index (χ1) is 10.3. The van der Waals surface area contributed by atoms with E-state index in [9.17, 15) is 17.6 Å². The van der Waals surface area contributed by atoms with Crippen LogP contribution in [0.3, 0.4) is 0 Å². The van der Waals surface area contributed by atoms with Crippen LogP contribution >= 0.6 is 0 Å². The van der Waals surface area contributed by atoms with E-state index in [0.29, 0.717) is 11.1 Å². The Hall–Kier alpha value is -2.05. The van der Waals surface area contributed by atoms with Crippen molar-refractivity contribution >= 4 is 15.8 Å². The fourth-order valence-electron chi connectivity index (χ4n) is 1.99. The van der Waals surface area contributed by atoms with Crippen LogP contribution in [0.15, 0.2) is 53.4 Å². The quantitative estimate of drug-likeness (QED) is 0.861. The van der Waals surface area contributed by atoms with Crippen molar-refractivity contribution in [1.29, 1.82) is 0 Å². The molecular formula is C16H16FNO3S. The molecule has 2 aromatic rings. The maximum atomic E-state index is 12.9. The first kappa shape index (κ1) is 16.3. The molecule has 1 N–H and O–H groups in total. The van der Waals surface area contributed by atoms with Gasteiger partial charge in [-0.15, -0.1) is 0 Å². The lowest BCUT2D eigenvalue weighted by atomic mass is 10.1. The Kier molecular flexibility index (Phi) is 4.73. The molecule has 0 aliphatic carbocycles. The minimum Gasteiger partial charge on any atom is -0.295 e. The van der Waals surface area contributed by atoms with Crippen molar-refractivity contribution in [1.82, 2.24) is 4.72 Å². The predicted molar refractivity (Wildman–Crippen MR) is 81.6 cm³/mol. The van der Waals surface area contributed by atoms with Crippen LogP contribution < -0.4 is 4.72 Å².